The third-order valence-electron chi connectivity index (χ3n) is 4.69. The molecule has 2 N–H and O–H groups in total. The van der Waals surface area contributed by atoms with Crippen molar-refractivity contribution in [3.63, 3.8) is 0 Å². The summed E-state index contributed by atoms with van der Waals surface area (Å²) in [5.74, 6) is 0. The lowest BCUT2D eigenvalue weighted by Crippen LogP contribution is -2.34. The fraction of sp³-hybridized carbons (Fsp3) is 0.381. The molecule has 0 aliphatic carbocycles. The predicted molar refractivity (Wildman–Crippen MR) is 112 cm³/mol. The van der Waals surface area contributed by atoms with Crippen LogP contribution in [0.15, 0.2) is 42.5 Å². The Morgan fingerprint density at radius 1 is 1.16 bits per heavy atom. The van der Waals surface area contributed by atoms with Crippen LogP contribution in [0.25, 0.3) is 0 Å². The number of para-hydroxylation sites is 1. The first kappa shape index (κ1) is 17.7. The molecule has 1 atom stereocenters. The smallest absolute Gasteiger partial charge is 0.170 e. The van der Waals surface area contributed by atoms with E-state index in [0.29, 0.717) is 11.2 Å². The van der Waals surface area contributed by atoms with Gasteiger partial charge in [-0.3, -0.25) is 0 Å². The molecule has 1 heterocycles. The first-order valence-electron chi connectivity index (χ1n) is 9.00. The highest BCUT2D eigenvalue weighted by Gasteiger charge is 2.24. The van der Waals surface area contributed by atoms with Crippen molar-refractivity contribution in [1.29, 1.82) is 0 Å². The van der Waals surface area contributed by atoms with Gasteiger partial charge < -0.3 is 15.5 Å². The molecule has 0 spiro atoms. The molecule has 3 rings (SSSR count). The van der Waals surface area contributed by atoms with E-state index in [-0.39, 0.29) is 0 Å². The number of hydrogen-bond acceptors (Lipinski definition) is 2. The van der Waals surface area contributed by atoms with Crippen LogP contribution in [-0.4, -0.2) is 24.2 Å². The molecule has 0 saturated carbocycles. The SMILES string of the molecule is Cc1cc(C)cc(NC(=S)NCCCN2c3ccccc3CC2C)c1. The maximum Gasteiger partial charge on any atom is 0.170 e. The first-order chi connectivity index (χ1) is 12.0. The van der Waals surface area contributed by atoms with Crippen molar-refractivity contribution in [2.45, 2.75) is 39.7 Å². The molecule has 3 nitrogen and oxygen atoms in total. The number of nitrogens with one attached hydrogen (secondary N) is 2. The van der Waals surface area contributed by atoms with Crippen molar-refractivity contribution in [3.05, 3.63) is 59.2 Å². The van der Waals surface area contributed by atoms with Gasteiger partial charge in [0.05, 0.1) is 0 Å². The van der Waals surface area contributed by atoms with Crippen molar-refractivity contribution in [1.82, 2.24) is 5.32 Å². The third kappa shape index (κ3) is 4.51. The van der Waals surface area contributed by atoms with Gasteiger partial charge in [-0.25, -0.2) is 0 Å². The highest BCUT2D eigenvalue weighted by molar-refractivity contribution is 7.80. The van der Waals surface area contributed by atoms with Gasteiger partial charge in [-0.1, -0.05) is 24.3 Å². The molecular weight excluding hydrogens is 326 g/mol. The van der Waals surface area contributed by atoms with Crippen molar-refractivity contribution in [2.24, 2.45) is 0 Å². The van der Waals surface area contributed by atoms with Gasteiger partial charge >= 0.3 is 0 Å². The Hall–Kier alpha value is -2.07. The Labute approximate surface area is 156 Å². The van der Waals surface area contributed by atoms with Crippen LogP contribution in [0, 0.1) is 13.8 Å². The molecule has 0 saturated heterocycles. The number of anilines is 2. The molecular formula is C21H27N3S. The van der Waals surface area contributed by atoms with E-state index in [1.54, 1.807) is 0 Å². The van der Waals surface area contributed by atoms with Crippen LogP contribution in [0.2, 0.25) is 0 Å². The van der Waals surface area contributed by atoms with E-state index in [1.807, 2.05) is 0 Å². The Bertz CT molecular complexity index is 736. The van der Waals surface area contributed by atoms with E-state index in [2.05, 4.69) is 78.8 Å². The minimum atomic E-state index is 0.581. The molecule has 0 amide bonds. The Balaban J connectivity index is 1.45. The maximum atomic E-state index is 5.42. The lowest BCUT2D eigenvalue weighted by Gasteiger charge is -2.25. The predicted octanol–water partition coefficient (Wildman–Crippen LogP) is 4.43. The summed E-state index contributed by atoms with van der Waals surface area (Å²) in [6.45, 7) is 8.44. The highest BCUT2D eigenvalue weighted by Crippen LogP contribution is 2.31. The molecule has 1 unspecified atom stereocenters. The van der Waals surface area contributed by atoms with Crippen LogP contribution >= 0.6 is 12.2 Å². The fourth-order valence-electron chi connectivity index (χ4n) is 3.64. The normalized spacial score (nSPS) is 15.8. The molecule has 2 aromatic carbocycles. The van der Waals surface area contributed by atoms with Crippen LogP contribution < -0.4 is 15.5 Å². The number of thiocarbonyl (C=S) groups is 1. The van der Waals surface area contributed by atoms with Gasteiger partial charge in [-0.05, 0) is 80.7 Å². The number of aryl methyl sites for hydroxylation is 2. The van der Waals surface area contributed by atoms with Crippen molar-refractivity contribution >= 4 is 28.7 Å². The van der Waals surface area contributed by atoms with Gasteiger partial charge in [0.2, 0.25) is 0 Å². The summed E-state index contributed by atoms with van der Waals surface area (Å²) in [4.78, 5) is 2.51. The van der Waals surface area contributed by atoms with Crippen LogP contribution in [0.1, 0.15) is 30.0 Å². The molecule has 0 bridgehead atoms. The van der Waals surface area contributed by atoms with E-state index in [0.717, 1.165) is 31.6 Å². The maximum absolute atomic E-state index is 5.42. The molecule has 0 aromatic heterocycles. The quantitative estimate of drug-likeness (QED) is 0.614. The van der Waals surface area contributed by atoms with Crippen molar-refractivity contribution in [3.8, 4) is 0 Å². The zero-order valence-corrected chi connectivity index (χ0v) is 16.1. The molecule has 1 aliphatic rings. The zero-order valence-electron chi connectivity index (χ0n) is 15.3. The largest absolute Gasteiger partial charge is 0.368 e. The molecule has 2 aromatic rings. The molecule has 1 aliphatic heterocycles. The zero-order chi connectivity index (χ0) is 17.8. The average molecular weight is 354 g/mol. The summed E-state index contributed by atoms with van der Waals surface area (Å²) in [7, 11) is 0. The number of nitrogens with zero attached hydrogens (tertiary/aromatic N) is 1. The fourth-order valence-corrected chi connectivity index (χ4v) is 3.86. The Kier molecular flexibility index (Phi) is 5.59. The second-order valence-corrected chi connectivity index (χ2v) is 7.39. The number of hydrogen-bond donors (Lipinski definition) is 2. The second kappa shape index (κ2) is 7.87. The van der Waals surface area contributed by atoms with E-state index >= 15 is 0 Å². The lowest BCUT2D eigenvalue weighted by molar-refractivity contribution is 0.641. The standard InChI is InChI=1S/C21H27N3S/c1-15-11-16(2)13-19(12-15)23-21(25)22-9-6-10-24-17(3)14-18-7-4-5-8-20(18)24/h4-5,7-8,11-13,17H,6,9-10,14H2,1-3H3,(H2,22,23,25). The molecule has 25 heavy (non-hydrogen) atoms. The van der Waals surface area contributed by atoms with Gasteiger partial charge in [0.15, 0.2) is 5.11 Å². The number of fused-ring (bicyclic) bond motifs is 1. The van der Waals surface area contributed by atoms with Gasteiger partial charge in [0, 0.05) is 30.5 Å². The van der Waals surface area contributed by atoms with Crippen molar-refractivity contribution in [2.75, 3.05) is 23.3 Å². The van der Waals surface area contributed by atoms with E-state index in [9.17, 15) is 0 Å². The monoisotopic (exact) mass is 353 g/mol. The summed E-state index contributed by atoms with van der Waals surface area (Å²) in [6.07, 6.45) is 2.21. The summed E-state index contributed by atoms with van der Waals surface area (Å²) in [5, 5.41) is 7.30. The van der Waals surface area contributed by atoms with Gasteiger partial charge in [-0.15, -0.1) is 0 Å². The van der Waals surface area contributed by atoms with Gasteiger partial charge in [0.25, 0.3) is 0 Å². The summed E-state index contributed by atoms with van der Waals surface area (Å²) in [6, 6.07) is 15.7. The molecule has 0 fully saturated rings. The number of rotatable bonds is 5. The minimum absolute atomic E-state index is 0.581. The Morgan fingerprint density at radius 2 is 1.88 bits per heavy atom. The molecule has 0 radical (unpaired) electrons. The number of benzene rings is 2. The highest BCUT2D eigenvalue weighted by atomic mass is 32.1. The summed E-state index contributed by atoms with van der Waals surface area (Å²) >= 11 is 5.42. The average Bonchev–Trinajstić information content (AvgIpc) is 2.86. The van der Waals surface area contributed by atoms with Crippen LogP contribution in [0.4, 0.5) is 11.4 Å². The molecule has 132 valence electrons. The van der Waals surface area contributed by atoms with E-state index < -0.39 is 0 Å². The van der Waals surface area contributed by atoms with Crippen LogP contribution in [-0.2, 0) is 6.42 Å². The first-order valence-corrected chi connectivity index (χ1v) is 9.41. The van der Waals surface area contributed by atoms with Crippen molar-refractivity contribution < 1.29 is 0 Å². The Morgan fingerprint density at radius 3 is 2.64 bits per heavy atom. The van der Waals surface area contributed by atoms with E-state index in [4.69, 9.17) is 12.2 Å². The third-order valence-corrected chi connectivity index (χ3v) is 4.94. The van der Waals surface area contributed by atoms with Crippen LogP contribution in [0.3, 0.4) is 0 Å². The second-order valence-electron chi connectivity index (χ2n) is 6.99. The van der Waals surface area contributed by atoms with Crippen LogP contribution in [0.5, 0.6) is 0 Å². The van der Waals surface area contributed by atoms with Gasteiger partial charge in [0.1, 0.15) is 0 Å². The van der Waals surface area contributed by atoms with Gasteiger partial charge in [-0.2, -0.15) is 0 Å². The minimum Gasteiger partial charge on any atom is -0.368 e. The van der Waals surface area contributed by atoms with E-state index in [1.165, 1.54) is 22.4 Å². The molecule has 4 heteroatoms. The topological polar surface area (TPSA) is 27.3 Å². The summed E-state index contributed by atoms with van der Waals surface area (Å²) < 4.78 is 0. The summed E-state index contributed by atoms with van der Waals surface area (Å²) in [5.41, 5.74) is 6.40. The lowest BCUT2D eigenvalue weighted by atomic mass is 10.1.